The van der Waals surface area contributed by atoms with Crippen LogP contribution < -0.4 is 10.1 Å². The number of halogens is 1. The summed E-state index contributed by atoms with van der Waals surface area (Å²) in [4.78, 5) is 12.0. The molecular formula is C21H18ClNO2. The van der Waals surface area contributed by atoms with Crippen molar-refractivity contribution in [1.29, 1.82) is 0 Å². The normalized spacial score (nSPS) is 10.3. The van der Waals surface area contributed by atoms with Gasteiger partial charge in [0.2, 0.25) is 0 Å². The molecule has 0 radical (unpaired) electrons. The quantitative estimate of drug-likeness (QED) is 0.699. The highest BCUT2D eigenvalue weighted by Crippen LogP contribution is 2.29. The summed E-state index contributed by atoms with van der Waals surface area (Å²) in [6.07, 6.45) is 0. The second-order valence-electron chi connectivity index (χ2n) is 5.55. The van der Waals surface area contributed by atoms with Gasteiger partial charge in [0, 0.05) is 17.1 Å². The van der Waals surface area contributed by atoms with Crippen molar-refractivity contribution in [3.63, 3.8) is 0 Å². The summed E-state index contributed by atoms with van der Waals surface area (Å²) in [6, 6.07) is 25.0. The van der Waals surface area contributed by atoms with E-state index in [-0.39, 0.29) is 12.5 Å². The molecule has 0 atom stereocenters. The Morgan fingerprint density at radius 3 is 2.32 bits per heavy atom. The Morgan fingerprint density at radius 1 is 0.880 bits per heavy atom. The monoisotopic (exact) mass is 351 g/mol. The molecule has 0 aromatic heterocycles. The van der Waals surface area contributed by atoms with Gasteiger partial charge in [-0.05, 0) is 29.3 Å². The maximum Gasteiger partial charge on any atom is 0.258 e. The molecule has 0 aliphatic carbocycles. The Bertz CT molecular complexity index is 832. The molecule has 25 heavy (non-hydrogen) atoms. The minimum Gasteiger partial charge on any atom is -0.483 e. The van der Waals surface area contributed by atoms with Crippen molar-refractivity contribution in [2.45, 2.75) is 6.54 Å². The van der Waals surface area contributed by atoms with Gasteiger partial charge < -0.3 is 10.1 Å². The van der Waals surface area contributed by atoms with Gasteiger partial charge in [0.15, 0.2) is 6.61 Å². The van der Waals surface area contributed by atoms with E-state index in [0.29, 0.717) is 17.3 Å². The molecule has 3 nitrogen and oxygen atoms in total. The number of hydrogen-bond donors (Lipinski definition) is 1. The Morgan fingerprint density at radius 2 is 1.56 bits per heavy atom. The topological polar surface area (TPSA) is 38.3 Å². The molecular weight excluding hydrogens is 334 g/mol. The molecule has 0 spiro atoms. The molecule has 0 saturated heterocycles. The summed E-state index contributed by atoms with van der Waals surface area (Å²) in [7, 11) is 0. The van der Waals surface area contributed by atoms with Gasteiger partial charge in [-0.3, -0.25) is 4.79 Å². The Balaban J connectivity index is 1.58. The van der Waals surface area contributed by atoms with E-state index in [9.17, 15) is 4.79 Å². The van der Waals surface area contributed by atoms with Gasteiger partial charge in [0.1, 0.15) is 5.75 Å². The largest absolute Gasteiger partial charge is 0.483 e. The second kappa shape index (κ2) is 8.36. The highest BCUT2D eigenvalue weighted by molar-refractivity contribution is 6.30. The summed E-state index contributed by atoms with van der Waals surface area (Å²) in [6.45, 7) is 0.414. The molecule has 0 heterocycles. The summed E-state index contributed by atoms with van der Waals surface area (Å²) in [5, 5.41) is 3.52. The fraction of sp³-hybridized carbons (Fsp3) is 0.0952. The molecule has 3 aromatic carbocycles. The van der Waals surface area contributed by atoms with Crippen molar-refractivity contribution in [3.8, 4) is 16.9 Å². The van der Waals surface area contributed by atoms with E-state index in [0.717, 1.165) is 16.7 Å². The Kier molecular flexibility index (Phi) is 5.70. The van der Waals surface area contributed by atoms with E-state index >= 15 is 0 Å². The van der Waals surface area contributed by atoms with E-state index in [4.69, 9.17) is 16.3 Å². The smallest absolute Gasteiger partial charge is 0.258 e. The van der Waals surface area contributed by atoms with Gasteiger partial charge in [-0.2, -0.15) is 0 Å². The molecule has 0 saturated carbocycles. The van der Waals surface area contributed by atoms with Gasteiger partial charge in [0.05, 0.1) is 0 Å². The average molecular weight is 352 g/mol. The lowest BCUT2D eigenvalue weighted by molar-refractivity contribution is -0.123. The van der Waals surface area contributed by atoms with Crippen LogP contribution >= 0.6 is 11.6 Å². The molecule has 3 rings (SSSR count). The third kappa shape index (κ3) is 4.85. The average Bonchev–Trinajstić information content (AvgIpc) is 2.67. The standard InChI is InChI=1S/C21H18ClNO2/c22-18-12-10-16(11-13-18)14-23-21(24)15-25-20-9-5-4-8-19(20)17-6-2-1-3-7-17/h1-13H,14-15H2,(H,23,24). The van der Waals surface area contributed by atoms with E-state index in [2.05, 4.69) is 5.32 Å². The summed E-state index contributed by atoms with van der Waals surface area (Å²) in [5.74, 6) is 0.521. The first-order chi connectivity index (χ1) is 12.2. The van der Waals surface area contributed by atoms with Crippen LogP contribution in [0.5, 0.6) is 5.75 Å². The predicted molar refractivity (Wildman–Crippen MR) is 101 cm³/mol. The Hall–Kier alpha value is -2.78. The fourth-order valence-electron chi connectivity index (χ4n) is 2.45. The van der Waals surface area contributed by atoms with Crippen molar-refractivity contribution < 1.29 is 9.53 Å². The van der Waals surface area contributed by atoms with Crippen LogP contribution in [0.1, 0.15) is 5.56 Å². The molecule has 0 unspecified atom stereocenters. The predicted octanol–water partition coefficient (Wildman–Crippen LogP) is 4.70. The zero-order valence-corrected chi connectivity index (χ0v) is 14.4. The van der Waals surface area contributed by atoms with Gasteiger partial charge in [-0.25, -0.2) is 0 Å². The SMILES string of the molecule is O=C(COc1ccccc1-c1ccccc1)NCc1ccc(Cl)cc1. The van der Waals surface area contributed by atoms with Crippen LogP contribution in [0.15, 0.2) is 78.9 Å². The number of ether oxygens (including phenoxy) is 1. The number of hydrogen-bond acceptors (Lipinski definition) is 2. The summed E-state index contributed by atoms with van der Waals surface area (Å²) < 4.78 is 5.73. The van der Waals surface area contributed by atoms with Crippen LogP contribution in [0, 0.1) is 0 Å². The summed E-state index contributed by atoms with van der Waals surface area (Å²) in [5.41, 5.74) is 3.01. The van der Waals surface area contributed by atoms with E-state index in [1.54, 1.807) is 12.1 Å². The van der Waals surface area contributed by atoms with Gasteiger partial charge in [-0.15, -0.1) is 0 Å². The molecule has 4 heteroatoms. The van der Waals surface area contributed by atoms with Crippen LogP contribution in [-0.4, -0.2) is 12.5 Å². The highest BCUT2D eigenvalue weighted by Gasteiger charge is 2.08. The fourth-order valence-corrected chi connectivity index (χ4v) is 2.57. The minimum absolute atomic E-state index is 0.0303. The van der Waals surface area contributed by atoms with Crippen LogP contribution in [0.25, 0.3) is 11.1 Å². The van der Waals surface area contributed by atoms with Gasteiger partial charge in [0.25, 0.3) is 5.91 Å². The number of rotatable bonds is 6. The molecule has 0 aliphatic heterocycles. The maximum absolute atomic E-state index is 12.0. The van der Waals surface area contributed by atoms with Crippen molar-refractivity contribution >= 4 is 17.5 Å². The van der Waals surface area contributed by atoms with Crippen molar-refractivity contribution in [1.82, 2.24) is 5.32 Å². The number of amides is 1. The third-order valence-electron chi connectivity index (χ3n) is 3.73. The van der Waals surface area contributed by atoms with Crippen LogP contribution in [0.3, 0.4) is 0 Å². The van der Waals surface area contributed by atoms with Crippen molar-refractivity contribution in [3.05, 3.63) is 89.4 Å². The number of para-hydroxylation sites is 1. The molecule has 1 amide bonds. The van der Waals surface area contributed by atoms with E-state index < -0.39 is 0 Å². The molecule has 0 fully saturated rings. The molecule has 1 N–H and O–H groups in total. The lowest BCUT2D eigenvalue weighted by Crippen LogP contribution is -2.28. The lowest BCUT2D eigenvalue weighted by Gasteiger charge is -2.12. The van der Waals surface area contributed by atoms with Crippen LogP contribution in [0.2, 0.25) is 5.02 Å². The first-order valence-electron chi connectivity index (χ1n) is 8.01. The number of carbonyl (C=O) groups is 1. The second-order valence-corrected chi connectivity index (χ2v) is 5.99. The lowest BCUT2D eigenvalue weighted by atomic mass is 10.1. The van der Waals surface area contributed by atoms with E-state index in [1.807, 2.05) is 66.7 Å². The molecule has 0 aliphatic rings. The third-order valence-corrected chi connectivity index (χ3v) is 3.99. The van der Waals surface area contributed by atoms with Crippen molar-refractivity contribution in [2.24, 2.45) is 0 Å². The van der Waals surface area contributed by atoms with Gasteiger partial charge >= 0.3 is 0 Å². The number of nitrogens with one attached hydrogen (secondary N) is 1. The number of carbonyl (C=O) groups excluding carboxylic acids is 1. The Labute approximate surface area is 152 Å². The van der Waals surface area contributed by atoms with Crippen LogP contribution in [-0.2, 0) is 11.3 Å². The first-order valence-corrected chi connectivity index (χ1v) is 8.38. The number of benzene rings is 3. The van der Waals surface area contributed by atoms with E-state index in [1.165, 1.54) is 0 Å². The first kappa shape index (κ1) is 17.1. The molecule has 126 valence electrons. The molecule has 0 bridgehead atoms. The summed E-state index contributed by atoms with van der Waals surface area (Å²) >= 11 is 5.85. The zero-order chi connectivity index (χ0) is 17.5. The van der Waals surface area contributed by atoms with Crippen molar-refractivity contribution in [2.75, 3.05) is 6.61 Å². The molecule has 3 aromatic rings. The highest BCUT2D eigenvalue weighted by atomic mass is 35.5. The van der Waals surface area contributed by atoms with Crippen LogP contribution in [0.4, 0.5) is 0 Å². The minimum atomic E-state index is -0.169. The zero-order valence-electron chi connectivity index (χ0n) is 13.6. The van der Waals surface area contributed by atoms with Gasteiger partial charge in [-0.1, -0.05) is 72.3 Å². The maximum atomic E-state index is 12.0.